The molecule has 1 N–H and O–H groups in total. The highest BCUT2D eigenvalue weighted by molar-refractivity contribution is 5.78. The van der Waals surface area contributed by atoms with Crippen molar-refractivity contribution in [2.45, 2.75) is 6.42 Å². The van der Waals surface area contributed by atoms with Crippen LogP contribution < -0.4 is 10.1 Å². The highest BCUT2D eigenvalue weighted by atomic mass is 16.6. The highest BCUT2D eigenvalue weighted by Crippen LogP contribution is 2.20. The molecule has 1 atom stereocenters. The van der Waals surface area contributed by atoms with Gasteiger partial charge in [-0.3, -0.25) is 14.9 Å². The van der Waals surface area contributed by atoms with Crippen molar-refractivity contribution < 1.29 is 14.5 Å². The van der Waals surface area contributed by atoms with E-state index in [1.165, 1.54) is 18.2 Å². The molecule has 0 bridgehead atoms. The number of benzene rings is 1. The molecule has 7 nitrogen and oxygen atoms in total. The fourth-order valence-electron chi connectivity index (χ4n) is 2.44. The monoisotopic (exact) mass is 293 g/mol. The van der Waals surface area contributed by atoms with Gasteiger partial charge in [-0.15, -0.1) is 0 Å². The van der Waals surface area contributed by atoms with Gasteiger partial charge in [0.25, 0.3) is 11.6 Å². The SMILES string of the molecule is CNCC1CCN(C(=O)COc2cccc([N+](=O)[O-])c2)C1. The van der Waals surface area contributed by atoms with Crippen molar-refractivity contribution in [3.8, 4) is 5.75 Å². The van der Waals surface area contributed by atoms with Gasteiger partial charge >= 0.3 is 0 Å². The molecule has 1 aromatic rings. The van der Waals surface area contributed by atoms with Gasteiger partial charge in [-0.05, 0) is 32.0 Å². The Bertz CT molecular complexity index is 521. The number of hydrogen-bond acceptors (Lipinski definition) is 5. The molecule has 0 aliphatic carbocycles. The Morgan fingerprint density at radius 3 is 3.10 bits per heavy atom. The Hall–Kier alpha value is -2.15. The van der Waals surface area contributed by atoms with Gasteiger partial charge in [-0.1, -0.05) is 6.07 Å². The van der Waals surface area contributed by atoms with E-state index in [-0.39, 0.29) is 18.2 Å². The number of carbonyl (C=O) groups excluding carboxylic acids is 1. The van der Waals surface area contributed by atoms with Crippen LogP contribution in [-0.2, 0) is 4.79 Å². The van der Waals surface area contributed by atoms with E-state index in [0.29, 0.717) is 11.7 Å². The molecule has 1 heterocycles. The van der Waals surface area contributed by atoms with E-state index in [1.807, 2.05) is 7.05 Å². The Balaban J connectivity index is 1.84. The first-order valence-electron chi connectivity index (χ1n) is 6.89. The van der Waals surface area contributed by atoms with Gasteiger partial charge in [0.2, 0.25) is 0 Å². The zero-order valence-electron chi connectivity index (χ0n) is 11.9. The number of nitro benzene ring substituents is 1. The third-order valence-electron chi connectivity index (χ3n) is 3.52. The second kappa shape index (κ2) is 7.03. The molecule has 1 unspecified atom stereocenters. The molecule has 2 rings (SSSR count). The molecule has 0 radical (unpaired) electrons. The molecule has 0 saturated carbocycles. The number of nitrogens with one attached hydrogen (secondary N) is 1. The highest BCUT2D eigenvalue weighted by Gasteiger charge is 2.25. The normalized spacial score (nSPS) is 17.8. The largest absolute Gasteiger partial charge is 0.484 e. The molecule has 1 fully saturated rings. The third-order valence-corrected chi connectivity index (χ3v) is 3.52. The number of likely N-dealkylation sites (tertiary alicyclic amines) is 1. The van der Waals surface area contributed by atoms with Crippen LogP contribution in [0, 0.1) is 16.0 Å². The van der Waals surface area contributed by atoms with Crippen LogP contribution in [0.15, 0.2) is 24.3 Å². The predicted molar refractivity (Wildman–Crippen MR) is 77.2 cm³/mol. The summed E-state index contributed by atoms with van der Waals surface area (Å²) in [5, 5.41) is 13.8. The number of amides is 1. The van der Waals surface area contributed by atoms with Crippen molar-refractivity contribution in [3.05, 3.63) is 34.4 Å². The second-order valence-corrected chi connectivity index (χ2v) is 5.10. The summed E-state index contributed by atoms with van der Waals surface area (Å²) >= 11 is 0. The molecule has 7 heteroatoms. The lowest BCUT2D eigenvalue weighted by atomic mass is 10.1. The van der Waals surface area contributed by atoms with Gasteiger partial charge in [0.1, 0.15) is 5.75 Å². The Kier molecular flexibility index (Phi) is 5.10. The fourth-order valence-corrected chi connectivity index (χ4v) is 2.44. The Morgan fingerprint density at radius 1 is 1.57 bits per heavy atom. The molecule has 1 saturated heterocycles. The van der Waals surface area contributed by atoms with E-state index < -0.39 is 4.92 Å². The maximum atomic E-state index is 12.0. The lowest BCUT2D eigenvalue weighted by Crippen LogP contribution is -2.34. The van der Waals surface area contributed by atoms with Crippen molar-refractivity contribution in [3.63, 3.8) is 0 Å². The summed E-state index contributed by atoms with van der Waals surface area (Å²) in [6.07, 6.45) is 0.989. The summed E-state index contributed by atoms with van der Waals surface area (Å²) in [4.78, 5) is 24.0. The minimum atomic E-state index is -0.489. The van der Waals surface area contributed by atoms with Crippen molar-refractivity contribution >= 4 is 11.6 Å². The third kappa shape index (κ3) is 4.16. The first kappa shape index (κ1) is 15.2. The van der Waals surface area contributed by atoms with Crippen LogP contribution in [-0.4, -0.2) is 49.0 Å². The van der Waals surface area contributed by atoms with Crippen molar-refractivity contribution in [2.75, 3.05) is 33.3 Å². The predicted octanol–water partition coefficient (Wildman–Crippen LogP) is 1.04. The summed E-state index contributed by atoms with van der Waals surface area (Å²) in [6.45, 7) is 2.28. The Morgan fingerprint density at radius 2 is 2.38 bits per heavy atom. The standard InChI is InChI=1S/C14H19N3O4/c1-15-8-11-5-6-16(9-11)14(18)10-21-13-4-2-3-12(7-13)17(19)20/h2-4,7,11,15H,5-6,8-10H2,1H3. The first-order chi connectivity index (χ1) is 10.1. The zero-order chi connectivity index (χ0) is 15.2. The number of rotatable bonds is 6. The number of hydrogen-bond donors (Lipinski definition) is 1. The van der Waals surface area contributed by atoms with Crippen LogP contribution in [0.5, 0.6) is 5.75 Å². The van der Waals surface area contributed by atoms with Gasteiger partial charge < -0.3 is 15.0 Å². The van der Waals surface area contributed by atoms with Gasteiger partial charge in [0.05, 0.1) is 11.0 Å². The fraction of sp³-hybridized carbons (Fsp3) is 0.500. The van der Waals surface area contributed by atoms with E-state index in [2.05, 4.69) is 5.32 Å². The van der Waals surface area contributed by atoms with Gasteiger partial charge in [-0.2, -0.15) is 0 Å². The molecule has 1 amide bonds. The van der Waals surface area contributed by atoms with Crippen LogP contribution in [0.3, 0.4) is 0 Å². The van der Waals surface area contributed by atoms with Crippen LogP contribution >= 0.6 is 0 Å². The molecular weight excluding hydrogens is 274 g/mol. The molecule has 0 aromatic heterocycles. The van der Waals surface area contributed by atoms with Crippen molar-refractivity contribution in [1.82, 2.24) is 10.2 Å². The van der Waals surface area contributed by atoms with Crippen molar-refractivity contribution in [1.29, 1.82) is 0 Å². The molecule has 1 aromatic carbocycles. The summed E-state index contributed by atoms with van der Waals surface area (Å²) in [5.41, 5.74) is -0.0461. The summed E-state index contributed by atoms with van der Waals surface area (Å²) in [5.74, 6) is 0.736. The smallest absolute Gasteiger partial charge is 0.273 e. The molecular formula is C14H19N3O4. The minimum absolute atomic E-state index is 0.0461. The van der Waals surface area contributed by atoms with Gasteiger partial charge in [0, 0.05) is 19.2 Å². The van der Waals surface area contributed by atoms with E-state index in [9.17, 15) is 14.9 Å². The van der Waals surface area contributed by atoms with Crippen LogP contribution in [0.4, 0.5) is 5.69 Å². The van der Waals surface area contributed by atoms with E-state index in [4.69, 9.17) is 4.74 Å². The molecule has 21 heavy (non-hydrogen) atoms. The molecule has 1 aliphatic rings. The van der Waals surface area contributed by atoms with Crippen LogP contribution in [0.2, 0.25) is 0 Å². The topological polar surface area (TPSA) is 84.7 Å². The van der Waals surface area contributed by atoms with Crippen LogP contribution in [0.1, 0.15) is 6.42 Å². The van der Waals surface area contributed by atoms with E-state index in [1.54, 1.807) is 11.0 Å². The lowest BCUT2D eigenvalue weighted by Gasteiger charge is -2.16. The average molecular weight is 293 g/mol. The minimum Gasteiger partial charge on any atom is -0.484 e. The molecule has 1 aliphatic heterocycles. The number of non-ortho nitro benzene ring substituents is 1. The van der Waals surface area contributed by atoms with Gasteiger partial charge in [-0.25, -0.2) is 0 Å². The Labute approximate surface area is 123 Å². The second-order valence-electron chi connectivity index (χ2n) is 5.10. The number of nitrogens with zero attached hydrogens (tertiary/aromatic N) is 2. The number of ether oxygens (including phenoxy) is 1. The summed E-state index contributed by atoms with van der Waals surface area (Å²) in [6, 6.07) is 5.85. The van der Waals surface area contributed by atoms with E-state index in [0.717, 1.165) is 26.1 Å². The van der Waals surface area contributed by atoms with Crippen molar-refractivity contribution in [2.24, 2.45) is 5.92 Å². The first-order valence-corrected chi connectivity index (χ1v) is 6.89. The van der Waals surface area contributed by atoms with Crippen LogP contribution in [0.25, 0.3) is 0 Å². The quantitative estimate of drug-likeness (QED) is 0.626. The molecule has 0 spiro atoms. The number of nitro groups is 1. The maximum absolute atomic E-state index is 12.0. The lowest BCUT2D eigenvalue weighted by molar-refractivity contribution is -0.384. The number of carbonyl (C=O) groups is 1. The summed E-state index contributed by atoms with van der Waals surface area (Å²) < 4.78 is 5.35. The van der Waals surface area contributed by atoms with Gasteiger partial charge in [0.15, 0.2) is 6.61 Å². The average Bonchev–Trinajstić information content (AvgIpc) is 2.94. The maximum Gasteiger partial charge on any atom is 0.273 e. The summed E-state index contributed by atoms with van der Waals surface area (Å²) in [7, 11) is 1.90. The molecule has 114 valence electrons. The zero-order valence-corrected chi connectivity index (χ0v) is 11.9. The van der Waals surface area contributed by atoms with E-state index >= 15 is 0 Å².